The van der Waals surface area contributed by atoms with Crippen molar-refractivity contribution in [3.05, 3.63) is 0 Å². The minimum atomic E-state index is -0.455. The lowest BCUT2D eigenvalue weighted by Gasteiger charge is -2.39. The molecule has 5 heteroatoms. The van der Waals surface area contributed by atoms with E-state index in [-0.39, 0.29) is 6.03 Å². The molecule has 1 aliphatic heterocycles. The zero-order valence-corrected chi connectivity index (χ0v) is 8.66. The monoisotopic (exact) mass is 196 g/mol. The number of nitrogens with two attached hydrogens (primary N) is 1. The van der Waals surface area contributed by atoms with Crippen LogP contribution in [0, 0.1) is 11.3 Å². The molecule has 1 saturated heterocycles. The first-order valence-electron chi connectivity index (χ1n) is 4.68. The Morgan fingerprint density at radius 2 is 1.86 bits per heavy atom. The van der Waals surface area contributed by atoms with Gasteiger partial charge < -0.3 is 10.6 Å². The van der Waals surface area contributed by atoms with Crippen LogP contribution in [0.5, 0.6) is 0 Å². The maximum atomic E-state index is 10.8. The Labute approximate surface area is 84.1 Å². The fraction of sp³-hybridized carbons (Fsp3) is 0.778. The number of carbonyl (C=O) groups is 1. The molecule has 0 unspecified atom stereocenters. The van der Waals surface area contributed by atoms with Gasteiger partial charge in [-0.05, 0) is 13.8 Å². The highest BCUT2D eigenvalue weighted by Gasteiger charge is 2.30. The van der Waals surface area contributed by atoms with Gasteiger partial charge in [0.15, 0.2) is 0 Å². The van der Waals surface area contributed by atoms with Crippen LogP contribution in [-0.4, -0.2) is 47.5 Å². The summed E-state index contributed by atoms with van der Waals surface area (Å²) in [5, 5.41) is 8.92. The van der Waals surface area contributed by atoms with Gasteiger partial charge in [0.05, 0.1) is 6.07 Å². The zero-order valence-electron chi connectivity index (χ0n) is 8.66. The summed E-state index contributed by atoms with van der Waals surface area (Å²) in [6.45, 7) is 6.41. The van der Waals surface area contributed by atoms with E-state index in [1.807, 2.05) is 13.8 Å². The van der Waals surface area contributed by atoms with E-state index in [0.717, 1.165) is 0 Å². The Hall–Kier alpha value is -1.28. The molecule has 0 aromatic carbocycles. The number of hydrogen-bond donors (Lipinski definition) is 1. The van der Waals surface area contributed by atoms with Crippen molar-refractivity contribution < 1.29 is 4.79 Å². The van der Waals surface area contributed by atoms with E-state index in [1.54, 1.807) is 4.90 Å². The average Bonchev–Trinajstić information content (AvgIpc) is 2.18. The number of nitriles is 1. The molecule has 1 rings (SSSR count). The maximum Gasteiger partial charge on any atom is 0.314 e. The minimum Gasteiger partial charge on any atom is -0.351 e. The van der Waals surface area contributed by atoms with Gasteiger partial charge in [-0.1, -0.05) is 0 Å². The first kappa shape index (κ1) is 10.8. The summed E-state index contributed by atoms with van der Waals surface area (Å²) in [6.07, 6.45) is 0. The average molecular weight is 196 g/mol. The lowest BCUT2D eigenvalue weighted by atomic mass is 10.0. The van der Waals surface area contributed by atoms with Gasteiger partial charge in [0.25, 0.3) is 0 Å². The summed E-state index contributed by atoms with van der Waals surface area (Å²) in [5.41, 5.74) is 4.70. The SMILES string of the molecule is CC(C)(C#N)N1CCN(C(N)=O)CC1. The second-order valence-electron chi connectivity index (χ2n) is 3.98. The van der Waals surface area contributed by atoms with Crippen LogP contribution < -0.4 is 5.73 Å². The molecule has 0 aliphatic carbocycles. The van der Waals surface area contributed by atoms with Gasteiger partial charge in [0.2, 0.25) is 0 Å². The summed E-state index contributed by atoms with van der Waals surface area (Å²) < 4.78 is 0. The maximum absolute atomic E-state index is 10.8. The first-order valence-corrected chi connectivity index (χ1v) is 4.68. The molecule has 78 valence electrons. The fourth-order valence-corrected chi connectivity index (χ4v) is 1.56. The number of hydrogen-bond acceptors (Lipinski definition) is 3. The molecule has 0 aromatic rings. The molecule has 5 nitrogen and oxygen atoms in total. The summed E-state index contributed by atoms with van der Waals surface area (Å²) in [6, 6.07) is 1.87. The number of primary amides is 1. The van der Waals surface area contributed by atoms with E-state index in [2.05, 4.69) is 11.0 Å². The third-order valence-corrected chi connectivity index (χ3v) is 2.66. The normalized spacial score (nSPS) is 19.1. The molecule has 0 spiro atoms. The van der Waals surface area contributed by atoms with E-state index in [4.69, 9.17) is 11.0 Å². The highest BCUT2D eigenvalue weighted by Crippen LogP contribution is 2.15. The molecule has 2 N–H and O–H groups in total. The zero-order chi connectivity index (χ0) is 10.8. The molecule has 1 fully saturated rings. The highest BCUT2D eigenvalue weighted by atomic mass is 16.2. The second kappa shape index (κ2) is 3.84. The lowest BCUT2D eigenvalue weighted by Crippen LogP contribution is -2.56. The van der Waals surface area contributed by atoms with E-state index < -0.39 is 5.54 Å². The van der Waals surface area contributed by atoms with Gasteiger partial charge in [0, 0.05) is 26.2 Å². The highest BCUT2D eigenvalue weighted by molar-refractivity contribution is 5.72. The van der Waals surface area contributed by atoms with Gasteiger partial charge >= 0.3 is 6.03 Å². The molecular weight excluding hydrogens is 180 g/mol. The Balaban J connectivity index is 2.52. The molecule has 0 bridgehead atoms. The molecule has 0 aromatic heterocycles. The predicted molar refractivity (Wildman–Crippen MR) is 52.4 cm³/mol. The molecule has 0 atom stereocenters. The van der Waals surface area contributed by atoms with Gasteiger partial charge in [-0.25, -0.2) is 4.79 Å². The molecule has 1 aliphatic rings. The molecule has 0 saturated carbocycles. The Morgan fingerprint density at radius 1 is 1.36 bits per heavy atom. The summed E-state index contributed by atoms with van der Waals surface area (Å²) in [7, 11) is 0. The van der Waals surface area contributed by atoms with Crippen molar-refractivity contribution in [3.63, 3.8) is 0 Å². The Bertz CT molecular complexity index is 260. The van der Waals surface area contributed by atoms with Crippen LogP contribution >= 0.6 is 0 Å². The van der Waals surface area contributed by atoms with Crippen molar-refractivity contribution in [2.24, 2.45) is 5.73 Å². The van der Waals surface area contributed by atoms with Crippen molar-refractivity contribution in [1.29, 1.82) is 5.26 Å². The van der Waals surface area contributed by atoms with Crippen LogP contribution in [0.1, 0.15) is 13.8 Å². The quantitative estimate of drug-likeness (QED) is 0.640. The van der Waals surface area contributed by atoms with Crippen LogP contribution in [0.2, 0.25) is 0 Å². The van der Waals surface area contributed by atoms with Gasteiger partial charge in [-0.2, -0.15) is 5.26 Å². The predicted octanol–water partition coefficient (Wildman–Crippen LogP) is -0.0151. The van der Waals surface area contributed by atoms with Crippen LogP contribution in [0.25, 0.3) is 0 Å². The van der Waals surface area contributed by atoms with Crippen molar-refractivity contribution in [3.8, 4) is 6.07 Å². The third-order valence-electron chi connectivity index (χ3n) is 2.66. The van der Waals surface area contributed by atoms with Crippen LogP contribution in [0.15, 0.2) is 0 Å². The summed E-state index contributed by atoms with van der Waals surface area (Å²) >= 11 is 0. The summed E-state index contributed by atoms with van der Waals surface area (Å²) in [4.78, 5) is 14.5. The minimum absolute atomic E-state index is 0.376. The van der Waals surface area contributed by atoms with E-state index in [1.165, 1.54) is 0 Å². The van der Waals surface area contributed by atoms with E-state index >= 15 is 0 Å². The topological polar surface area (TPSA) is 73.4 Å². The van der Waals surface area contributed by atoms with E-state index in [0.29, 0.717) is 26.2 Å². The lowest BCUT2D eigenvalue weighted by molar-refractivity contribution is 0.0952. The van der Waals surface area contributed by atoms with Crippen molar-refractivity contribution in [2.45, 2.75) is 19.4 Å². The fourth-order valence-electron chi connectivity index (χ4n) is 1.56. The first-order chi connectivity index (χ1) is 6.47. The van der Waals surface area contributed by atoms with Crippen LogP contribution in [0.3, 0.4) is 0 Å². The van der Waals surface area contributed by atoms with E-state index in [9.17, 15) is 4.79 Å². The Kier molecular flexibility index (Phi) is 2.96. The molecule has 14 heavy (non-hydrogen) atoms. The van der Waals surface area contributed by atoms with Gasteiger partial charge in [0.1, 0.15) is 5.54 Å². The van der Waals surface area contributed by atoms with Crippen LogP contribution in [-0.2, 0) is 0 Å². The number of carbonyl (C=O) groups excluding carboxylic acids is 1. The second-order valence-corrected chi connectivity index (χ2v) is 3.98. The molecular formula is C9H16N4O. The third kappa shape index (κ3) is 2.15. The molecule has 1 heterocycles. The number of nitrogens with zero attached hydrogens (tertiary/aromatic N) is 3. The molecule has 0 radical (unpaired) electrons. The van der Waals surface area contributed by atoms with Crippen LogP contribution in [0.4, 0.5) is 4.79 Å². The smallest absolute Gasteiger partial charge is 0.314 e. The number of rotatable bonds is 1. The summed E-state index contributed by atoms with van der Waals surface area (Å²) in [5.74, 6) is 0. The van der Waals surface area contributed by atoms with Crippen molar-refractivity contribution in [1.82, 2.24) is 9.80 Å². The molecule has 2 amide bonds. The number of amides is 2. The Morgan fingerprint density at radius 3 is 2.21 bits per heavy atom. The standard InChI is InChI=1S/C9H16N4O/c1-9(2,7-10)13-5-3-12(4-6-13)8(11)14/h3-6H2,1-2H3,(H2,11,14). The number of urea groups is 1. The largest absolute Gasteiger partial charge is 0.351 e. The van der Waals surface area contributed by atoms with Gasteiger partial charge in [-0.3, -0.25) is 4.90 Å². The van der Waals surface area contributed by atoms with Crippen molar-refractivity contribution in [2.75, 3.05) is 26.2 Å². The van der Waals surface area contributed by atoms with Crippen molar-refractivity contribution >= 4 is 6.03 Å². The number of piperazine rings is 1. The van der Waals surface area contributed by atoms with Gasteiger partial charge in [-0.15, -0.1) is 0 Å².